The number of hydrogen-bond acceptors (Lipinski definition) is 7. The van der Waals surface area contributed by atoms with Crippen molar-refractivity contribution in [1.82, 2.24) is 20.9 Å². The Kier molecular flexibility index (Phi) is 11.1. The summed E-state index contributed by atoms with van der Waals surface area (Å²) in [6.45, 7) is 4.82. The van der Waals surface area contributed by atoms with Crippen LogP contribution in [0.3, 0.4) is 0 Å². The van der Waals surface area contributed by atoms with Crippen molar-refractivity contribution in [3.8, 4) is 5.75 Å². The lowest BCUT2D eigenvalue weighted by Gasteiger charge is -2.27. The van der Waals surface area contributed by atoms with E-state index in [4.69, 9.17) is 5.73 Å². The lowest BCUT2D eigenvalue weighted by atomic mass is 9.97. The van der Waals surface area contributed by atoms with E-state index in [0.717, 1.165) is 10.9 Å². The molecule has 0 radical (unpaired) electrons. The van der Waals surface area contributed by atoms with Crippen LogP contribution in [0, 0.1) is 5.92 Å². The van der Waals surface area contributed by atoms with Gasteiger partial charge in [-0.25, -0.2) is 4.79 Å². The Bertz CT molecular complexity index is 1390. The minimum atomic E-state index is -1.45. The molecule has 0 aliphatic heterocycles. The minimum absolute atomic E-state index is 0.00920. The summed E-state index contributed by atoms with van der Waals surface area (Å²) in [5.74, 6) is -3.79. The summed E-state index contributed by atoms with van der Waals surface area (Å²) in [7, 11) is 0. The van der Waals surface area contributed by atoms with E-state index in [2.05, 4.69) is 20.9 Å². The van der Waals surface area contributed by atoms with Crippen molar-refractivity contribution in [1.29, 1.82) is 0 Å². The maximum Gasteiger partial charge on any atom is 0.326 e. The predicted molar refractivity (Wildman–Crippen MR) is 156 cm³/mol. The third-order valence-corrected chi connectivity index (χ3v) is 7.30. The number of carboxylic acids is 1. The van der Waals surface area contributed by atoms with E-state index in [1.165, 1.54) is 19.1 Å². The molecule has 1 heterocycles. The van der Waals surface area contributed by atoms with Crippen molar-refractivity contribution in [2.75, 3.05) is 0 Å². The zero-order chi connectivity index (χ0) is 31.0. The van der Waals surface area contributed by atoms with Gasteiger partial charge in [0.05, 0.1) is 12.1 Å². The van der Waals surface area contributed by atoms with E-state index in [-0.39, 0.29) is 24.5 Å². The van der Waals surface area contributed by atoms with Crippen LogP contribution in [-0.2, 0) is 32.0 Å². The number of fused-ring (bicyclic) bond motifs is 1. The van der Waals surface area contributed by atoms with E-state index in [1.807, 2.05) is 24.3 Å². The van der Waals surface area contributed by atoms with Gasteiger partial charge in [0.2, 0.25) is 17.7 Å². The Balaban J connectivity index is 1.81. The number of phenolic OH excluding ortho intramolecular Hbond substituents is 1. The van der Waals surface area contributed by atoms with Crippen molar-refractivity contribution < 1.29 is 34.5 Å². The van der Waals surface area contributed by atoms with Gasteiger partial charge in [0, 0.05) is 23.5 Å². The summed E-state index contributed by atoms with van der Waals surface area (Å²) in [5.41, 5.74) is 8.24. The Morgan fingerprint density at radius 1 is 0.881 bits per heavy atom. The van der Waals surface area contributed by atoms with Gasteiger partial charge in [0.15, 0.2) is 0 Å². The van der Waals surface area contributed by atoms with Crippen LogP contribution in [0.2, 0.25) is 0 Å². The summed E-state index contributed by atoms with van der Waals surface area (Å²) in [6, 6.07) is 8.59. The smallest absolute Gasteiger partial charge is 0.326 e. The zero-order valence-corrected chi connectivity index (χ0v) is 23.8. The van der Waals surface area contributed by atoms with Crippen LogP contribution in [0.15, 0.2) is 54.7 Å². The molecule has 42 heavy (non-hydrogen) atoms. The number of aromatic amines is 1. The first-order valence-corrected chi connectivity index (χ1v) is 13.8. The highest BCUT2D eigenvalue weighted by molar-refractivity contribution is 5.95. The molecule has 0 bridgehead atoms. The fraction of sp³-hybridized carbons (Fsp3) is 0.400. The molecule has 2 aromatic carbocycles. The highest BCUT2D eigenvalue weighted by atomic mass is 16.4. The van der Waals surface area contributed by atoms with Crippen molar-refractivity contribution in [2.45, 2.75) is 70.3 Å². The van der Waals surface area contributed by atoms with Crippen LogP contribution >= 0.6 is 0 Å². The van der Waals surface area contributed by atoms with E-state index in [1.54, 1.807) is 32.2 Å². The number of carbonyl (C=O) groups excluding carboxylic acids is 3. The van der Waals surface area contributed by atoms with Crippen LogP contribution < -0.4 is 21.7 Å². The number of hydrogen-bond donors (Lipinski definition) is 8. The maximum absolute atomic E-state index is 13.4. The van der Waals surface area contributed by atoms with Gasteiger partial charge in [0.25, 0.3) is 0 Å². The number of aromatic nitrogens is 1. The van der Waals surface area contributed by atoms with Crippen LogP contribution in [0.1, 0.15) is 38.3 Å². The highest BCUT2D eigenvalue weighted by Gasteiger charge is 2.34. The maximum atomic E-state index is 13.4. The standard InChI is InChI=1S/C30H39N5O7/c1-4-16(2)25(30(41)42)34-28(39)24(14-19-15-32-23-8-6-5-7-21(19)23)33-29(40)26(17(3)36)35-27(38)22(31)13-18-9-11-20(37)12-10-18/h5-12,15-17,22,24-26,32,36-37H,4,13-14,31H2,1-3H3,(H,33,40)(H,34,39)(H,35,38)(H,41,42). The predicted octanol–water partition coefficient (Wildman–Crippen LogP) is 0.952. The number of H-pyrrole nitrogens is 1. The van der Waals surface area contributed by atoms with E-state index in [0.29, 0.717) is 17.5 Å². The number of aliphatic hydroxyl groups excluding tert-OH is 1. The van der Waals surface area contributed by atoms with Crippen molar-refractivity contribution in [3.63, 3.8) is 0 Å². The first-order valence-electron chi connectivity index (χ1n) is 13.8. The number of amides is 3. The second-order valence-electron chi connectivity index (χ2n) is 10.5. The first kappa shape index (κ1) is 32.1. The lowest BCUT2D eigenvalue weighted by molar-refractivity contribution is -0.144. The number of carbonyl (C=O) groups is 4. The summed E-state index contributed by atoms with van der Waals surface area (Å²) < 4.78 is 0. The largest absolute Gasteiger partial charge is 0.508 e. The monoisotopic (exact) mass is 581 g/mol. The van der Waals surface area contributed by atoms with Crippen LogP contribution in [0.25, 0.3) is 10.9 Å². The molecule has 12 nitrogen and oxygen atoms in total. The topological polar surface area (TPSA) is 207 Å². The average molecular weight is 582 g/mol. The highest BCUT2D eigenvalue weighted by Crippen LogP contribution is 2.20. The summed E-state index contributed by atoms with van der Waals surface area (Å²) in [5, 5.41) is 38.0. The number of benzene rings is 2. The number of nitrogens with two attached hydrogens (primary N) is 1. The average Bonchev–Trinajstić information content (AvgIpc) is 3.36. The molecule has 6 unspecified atom stereocenters. The summed E-state index contributed by atoms with van der Waals surface area (Å²) in [4.78, 5) is 54.7. The number of aliphatic hydroxyl groups is 1. The molecular formula is C30H39N5O7. The lowest BCUT2D eigenvalue weighted by Crippen LogP contribution is -2.60. The quantitative estimate of drug-likeness (QED) is 0.137. The normalized spacial score (nSPS) is 15.5. The van der Waals surface area contributed by atoms with Crippen molar-refractivity contribution in [3.05, 3.63) is 65.9 Å². The SMILES string of the molecule is CCC(C)C(NC(=O)C(Cc1c[nH]c2ccccc12)NC(=O)C(NC(=O)C(N)Cc1ccc(O)cc1)C(C)O)C(=O)O. The molecule has 1 aromatic heterocycles. The van der Waals surface area contributed by atoms with Crippen LogP contribution in [0.5, 0.6) is 5.75 Å². The van der Waals surface area contributed by atoms with Gasteiger partial charge in [-0.1, -0.05) is 50.6 Å². The van der Waals surface area contributed by atoms with Gasteiger partial charge in [-0.2, -0.15) is 0 Å². The Labute approximate surface area is 243 Å². The number of rotatable bonds is 14. The second-order valence-corrected chi connectivity index (χ2v) is 10.5. The fourth-order valence-electron chi connectivity index (χ4n) is 4.57. The molecule has 0 saturated heterocycles. The van der Waals surface area contributed by atoms with Gasteiger partial charge < -0.3 is 42.0 Å². The van der Waals surface area contributed by atoms with Crippen LogP contribution in [-0.4, -0.2) is 74.3 Å². The van der Waals surface area contributed by atoms with Gasteiger partial charge in [-0.05, 0) is 48.6 Å². The van der Waals surface area contributed by atoms with Crippen molar-refractivity contribution in [2.24, 2.45) is 11.7 Å². The molecule has 3 rings (SSSR count). The van der Waals surface area contributed by atoms with Gasteiger partial charge in [-0.15, -0.1) is 0 Å². The molecule has 0 saturated carbocycles. The zero-order valence-electron chi connectivity index (χ0n) is 23.8. The Hall–Kier alpha value is -4.42. The Morgan fingerprint density at radius 3 is 2.14 bits per heavy atom. The van der Waals surface area contributed by atoms with Gasteiger partial charge >= 0.3 is 5.97 Å². The molecule has 226 valence electrons. The number of aromatic hydroxyl groups is 1. The molecule has 9 N–H and O–H groups in total. The molecular weight excluding hydrogens is 542 g/mol. The van der Waals surface area contributed by atoms with Gasteiger partial charge in [0.1, 0.15) is 23.9 Å². The molecule has 0 spiro atoms. The number of phenols is 1. The van der Waals surface area contributed by atoms with Gasteiger partial charge in [-0.3, -0.25) is 14.4 Å². The van der Waals surface area contributed by atoms with Crippen LogP contribution in [0.4, 0.5) is 0 Å². The Morgan fingerprint density at radius 2 is 1.52 bits per heavy atom. The number of para-hydroxylation sites is 1. The third-order valence-electron chi connectivity index (χ3n) is 7.30. The van der Waals surface area contributed by atoms with E-state index >= 15 is 0 Å². The summed E-state index contributed by atoms with van der Waals surface area (Å²) >= 11 is 0. The van der Waals surface area contributed by atoms with Crippen molar-refractivity contribution >= 4 is 34.6 Å². The molecule has 0 aliphatic rings. The molecule has 0 fully saturated rings. The van der Waals surface area contributed by atoms with E-state index < -0.39 is 54.0 Å². The summed E-state index contributed by atoms with van der Waals surface area (Å²) in [6.07, 6.45) is 0.972. The fourth-order valence-corrected chi connectivity index (χ4v) is 4.57. The first-order chi connectivity index (χ1) is 19.9. The number of carboxylic acid groups (broad SMARTS) is 1. The third kappa shape index (κ3) is 8.30. The molecule has 12 heteroatoms. The number of aliphatic carboxylic acids is 1. The molecule has 6 atom stereocenters. The molecule has 3 aromatic rings. The molecule has 3 amide bonds. The van der Waals surface area contributed by atoms with E-state index in [9.17, 15) is 34.5 Å². The number of nitrogens with one attached hydrogen (secondary N) is 4. The minimum Gasteiger partial charge on any atom is -0.508 e. The molecule has 0 aliphatic carbocycles. The second kappa shape index (κ2) is 14.5.